The smallest absolute Gasteiger partial charge is 0.315 e. The molecule has 1 rings (SSSR count). The van der Waals surface area contributed by atoms with E-state index in [1.807, 2.05) is 11.8 Å². The van der Waals surface area contributed by atoms with Crippen molar-refractivity contribution in [2.45, 2.75) is 63.3 Å². The van der Waals surface area contributed by atoms with Gasteiger partial charge in [0.15, 0.2) is 0 Å². The van der Waals surface area contributed by atoms with E-state index >= 15 is 0 Å². The van der Waals surface area contributed by atoms with E-state index in [4.69, 9.17) is 5.11 Å². The lowest BCUT2D eigenvalue weighted by molar-refractivity contribution is 0.183. The van der Waals surface area contributed by atoms with Crippen molar-refractivity contribution < 1.29 is 9.90 Å². The molecule has 1 aliphatic rings. The van der Waals surface area contributed by atoms with Gasteiger partial charge in [-0.15, -0.1) is 0 Å². The molecule has 0 spiro atoms. The van der Waals surface area contributed by atoms with E-state index in [9.17, 15) is 4.79 Å². The molecule has 0 radical (unpaired) electrons. The normalized spacial score (nSPS) is 25.5. The van der Waals surface area contributed by atoms with Crippen LogP contribution < -0.4 is 10.6 Å². The molecule has 0 heterocycles. The first-order valence-corrected chi connectivity index (χ1v) is 8.00. The number of aliphatic hydroxyl groups is 1. The Bertz CT molecular complexity index is 247. The first kappa shape index (κ1) is 15.6. The molecule has 106 valence electrons. The van der Waals surface area contributed by atoms with Gasteiger partial charge in [-0.3, -0.25) is 0 Å². The monoisotopic (exact) mass is 274 g/mol. The number of nitrogens with one attached hydrogen (secondary N) is 2. The minimum atomic E-state index is -0.356. The van der Waals surface area contributed by atoms with Crippen LogP contribution in [0.4, 0.5) is 4.79 Å². The van der Waals surface area contributed by atoms with E-state index in [0.717, 1.165) is 18.6 Å². The van der Waals surface area contributed by atoms with Gasteiger partial charge >= 0.3 is 6.03 Å². The summed E-state index contributed by atoms with van der Waals surface area (Å²) in [6.07, 6.45) is 4.90. The summed E-state index contributed by atoms with van der Waals surface area (Å²) < 4.78 is 0. The molecule has 0 bridgehead atoms. The molecule has 5 heteroatoms. The van der Waals surface area contributed by atoms with Gasteiger partial charge in [0.1, 0.15) is 0 Å². The Kier molecular flexibility index (Phi) is 7.51. The maximum Gasteiger partial charge on any atom is 0.315 e. The van der Waals surface area contributed by atoms with Gasteiger partial charge in [0.05, 0.1) is 6.10 Å². The summed E-state index contributed by atoms with van der Waals surface area (Å²) in [6.45, 7) is 4.45. The molecule has 4 nitrogen and oxygen atoms in total. The fourth-order valence-corrected chi connectivity index (χ4v) is 3.47. The lowest BCUT2D eigenvalue weighted by Crippen LogP contribution is -2.45. The third-order valence-corrected chi connectivity index (χ3v) is 4.44. The van der Waals surface area contributed by atoms with Crippen molar-refractivity contribution in [3.63, 3.8) is 0 Å². The van der Waals surface area contributed by atoms with Crippen LogP contribution in [0.1, 0.15) is 46.0 Å². The molecule has 0 aromatic rings. The van der Waals surface area contributed by atoms with Crippen LogP contribution in [0.15, 0.2) is 0 Å². The molecule has 3 atom stereocenters. The quantitative estimate of drug-likeness (QED) is 0.695. The topological polar surface area (TPSA) is 61.4 Å². The Morgan fingerprint density at radius 1 is 1.50 bits per heavy atom. The van der Waals surface area contributed by atoms with Gasteiger partial charge in [0.2, 0.25) is 0 Å². The summed E-state index contributed by atoms with van der Waals surface area (Å²) >= 11 is 2.00. The van der Waals surface area contributed by atoms with E-state index in [1.54, 1.807) is 6.92 Å². The fourth-order valence-electron chi connectivity index (χ4n) is 2.29. The SMILES string of the molecule is CCSC1CCCC(NC(=O)NCCC(C)O)C1. The second kappa shape index (κ2) is 8.64. The number of hydrogen-bond acceptors (Lipinski definition) is 3. The molecule has 18 heavy (non-hydrogen) atoms. The van der Waals surface area contributed by atoms with E-state index in [2.05, 4.69) is 17.6 Å². The van der Waals surface area contributed by atoms with Gasteiger partial charge in [-0.1, -0.05) is 13.3 Å². The summed E-state index contributed by atoms with van der Waals surface area (Å²) in [5.41, 5.74) is 0. The zero-order valence-electron chi connectivity index (χ0n) is 11.4. The lowest BCUT2D eigenvalue weighted by Gasteiger charge is -2.29. The molecule has 0 aromatic carbocycles. The van der Waals surface area contributed by atoms with Crippen molar-refractivity contribution in [3.05, 3.63) is 0 Å². The molecule has 2 amide bonds. The van der Waals surface area contributed by atoms with Crippen molar-refractivity contribution >= 4 is 17.8 Å². The number of rotatable bonds is 6. The molecule has 0 saturated heterocycles. The molecule has 0 aliphatic heterocycles. The Morgan fingerprint density at radius 2 is 2.28 bits per heavy atom. The van der Waals surface area contributed by atoms with Gasteiger partial charge in [-0.2, -0.15) is 11.8 Å². The van der Waals surface area contributed by atoms with Crippen LogP contribution in [-0.4, -0.2) is 40.8 Å². The number of hydrogen-bond donors (Lipinski definition) is 3. The number of carbonyl (C=O) groups is 1. The second-order valence-electron chi connectivity index (χ2n) is 4.98. The lowest BCUT2D eigenvalue weighted by atomic mass is 9.95. The van der Waals surface area contributed by atoms with Crippen LogP contribution in [0.5, 0.6) is 0 Å². The van der Waals surface area contributed by atoms with Crippen molar-refractivity contribution in [2.24, 2.45) is 0 Å². The zero-order valence-corrected chi connectivity index (χ0v) is 12.3. The van der Waals surface area contributed by atoms with Crippen LogP contribution >= 0.6 is 11.8 Å². The maximum absolute atomic E-state index is 11.6. The molecule has 1 aliphatic carbocycles. The van der Waals surface area contributed by atoms with Gasteiger partial charge in [-0.05, 0) is 38.4 Å². The van der Waals surface area contributed by atoms with Gasteiger partial charge in [-0.25, -0.2) is 4.79 Å². The highest BCUT2D eigenvalue weighted by Gasteiger charge is 2.22. The minimum Gasteiger partial charge on any atom is -0.393 e. The highest BCUT2D eigenvalue weighted by Crippen LogP contribution is 2.28. The second-order valence-corrected chi connectivity index (χ2v) is 6.56. The van der Waals surface area contributed by atoms with E-state index in [0.29, 0.717) is 24.3 Å². The van der Waals surface area contributed by atoms with E-state index < -0.39 is 0 Å². The molecule has 3 N–H and O–H groups in total. The Balaban J connectivity index is 2.18. The average Bonchev–Trinajstić information content (AvgIpc) is 2.29. The van der Waals surface area contributed by atoms with Crippen LogP contribution in [0.3, 0.4) is 0 Å². The summed E-state index contributed by atoms with van der Waals surface area (Å²) in [4.78, 5) is 11.6. The van der Waals surface area contributed by atoms with Crippen LogP contribution in [0, 0.1) is 0 Å². The first-order valence-electron chi connectivity index (χ1n) is 6.95. The molecular formula is C13H26N2O2S. The van der Waals surface area contributed by atoms with Crippen LogP contribution in [0.2, 0.25) is 0 Å². The highest BCUT2D eigenvalue weighted by molar-refractivity contribution is 7.99. The Morgan fingerprint density at radius 3 is 2.94 bits per heavy atom. The average molecular weight is 274 g/mol. The van der Waals surface area contributed by atoms with Crippen molar-refractivity contribution in [2.75, 3.05) is 12.3 Å². The molecule has 0 aromatic heterocycles. The third kappa shape index (κ3) is 6.50. The molecule has 1 fully saturated rings. The summed E-state index contributed by atoms with van der Waals surface area (Å²) in [6, 6.07) is 0.220. The van der Waals surface area contributed by atoms with E-state index in [1.165, 1.54) is 12.8 Å². The highest BCUT2D eigenvalue weighted by atomic mass is 32.2. The van der Waals surface area contributed by atoms with Crippen LogP contribution in [-0.2, 0) is 0 Å². The summed E-state index contributed by atoms with van der Waals surface area (Å²) in [7, 11) is 0. The van der Waals surface area contributed by atoms with Crippen molar-refractivity contribution in [3.8, 4) is 0 Å². The largest absolute Gasteiger partial charge is 0.393 e. The number of carbonyl (C=O) groups excluding carboxylic acids is 1. The molecule has 3 unspecified atom stereocenters. The number of amides is 2. The molecular weight excluding hydrogens is 248 g/mol. The zero-order chi connectivity index (χ0) is 13.4. The van der Waals surface area contributed by atoms with E-state index in [-0.39, 0.29) is 12.1 Å². The number of aliphatic hydroxyl groups excluding tert-OH is 1. The fraction of sp³-hybridized carbons (Fsp3) is 0.923. The minimum absolute atomic E-state index is 0.0946. The van der Waals surface area contributed by atoms with Crippen molar-refractivity contribution in [1.29, 1.82) is 0 Å². The third-order valence-electron chi connectivity index (χ3n) is 3.21. The Labute approximate surface area is 114 Å². The van der Waals surface area contributed by atoms with Gasteiger partial charge in [0.25, 0.3) is 0 Å². The predicted octanol–water partition coefficient (Wildman–Crippen LogP) is 2.12. The van der Waals surface area contributed by atoms with Crippen LogP contribution in [0.25, 0.3) is 0 Å². The number of thioether (sulfide) groups is 1. The van der Waals surface area contributed by atoms with Crippen molar-refractivity contribution in [1.82, 2.24) is 10.6 Å². The number of urea groups is 1. The summed E-state index contributed by atoms with van der Waals surface area (Å²) in [5.74, 6) is 1.15. The predicted molar refractivity (Wildman–Crippen MR) is 77.0 cm³/mol. The first-order chi connectivity index (χ1) is 8.61. The van der Waals surface area contributed by atoms with Gasteiger partial charge in [0, 0.05) is 17.8 Å². The summed E-state index contributed by atoms with van der Waals surface area (Å²) in [5, 5.41) is 15.6. The van der Waals surface area contributed by atoms with Gasteiger partial charge < -0.3 is 15.7 Å². The maximum atomic E-state index is 11.6. The molecule has 1 saturated carbocycles. The standard InChI is InChI=1S/C13H26N2O2S/c1-3-18-12-6-4-5-11(9-12)15-13(17)14-8-7-10(2)16/h10-12,16H,3-9H2,1-2H3,(H2,14,15,17). The Hall–Kier alpha value is -0.420.